The molecule has 0 saturated heterocycles. The van der Waals surface area contributed by atoms with E-state index >= 15 is 0 Å². The molecular formula is C8H9N5O2. The second-order valence-electron chi connectivity index (χ2n) is 3.02. The number of carboxylic acids is 1. The van der Waals surface area contributed by atoms with Gasteiger partial charge in [-0.05, 0) is 17.3 Å². The van der Waals surface area contributed by atoms with Gasteiger partial charge in [0, 0.05) is 6.20 Å². The Balaban J connectivity index is 2.24. The average molecular weight is 207 g/mol. The second kappa shape index (κ2) is 3.52. The van der Waals surface area contributed by atoms with Gasteiger partial charge in [0.1, 0.15) is 5.69 Å². The monoisotopic (exact) mass is 207 g/mol. The third-order valence-electron chi connectivity index (χ3n) is 1.91. The Kier molecular flexibility index (Phi) is 2.20. The lowest BCUT2D eigenvalue weighted by Crippen LogP contribution is -2.09. The lowest BCUT2D eigenvalue weighted by atomic mass is 10.4. The van der Waals surface area contributed by atoms with Crippen LogP contribution in [-0.2, 0) is 13.6 Å². The molecule has 0 unspecified atom stereocenters. The van der Waals surface area contributed by atoms with Crippen molar-refractivity contribution in [2.75, 3.05) is 0 Å². The highest BCUT2D eigenvalue weighted by atomic mass is 16.4. The highest BCUT2D eigenvalue weighted by molar-refractivity contribution is 5.85. The van der Waals surface area contributed by atoms with Crippen molar-refractivity contribution in [2.24, 2.45) is 7.05 Å². The lowest BCUT2D eigenvalue weighted by molar-refractivity contribution is 0.0685. The van der Waals surface area contributed by atoms with Gasteiger partial charge in [0.05, 0.1) is 13.6 Å². The Morgan fingerprint density at radius 3 is 3.00 bits per heavy atom. The van der Waals surface area contributed by atoms with E-state index in [9.17, 15) is 4.79 Å². The van der Waals surface area contributed by atoms with Gasteiger partial charge in [-0.1, -0.05) is 0 Å². The summed E-state index contributed by atoms with van der Waals surface area (Å²) in [7, 11) is 1.66. The van der Waals surface area contributed by atoms with Crippen LogP contribution in [-0.4, -0.2) is 35.9 Å². The fourth-order valence-electron chi connectivity index (χ4n) is 1.29. The van der Waals surface area contributed by atoms with Gasteiger partial charge in [-0.15, -0.1) is 10.2 Å². The van der Waals surface area contributed by atoms with Gasteiger partial charge in [0.25, 0.3) is 0 Å². The van der Waals surface area contributed by atoms with Gasteiger partial charge in [0.15, 0.2) is 5.82 Å². The van der Waals surface area contributed by atoms with Crippen LogP contribution in [0.4, 0.5) is 0 Å². The van der Waals surface area contributed by atoms with Crippen LogP contribution in [0.25, 0.3) is 0 Å². The van der Waals surface area contributed by atoms with E-state index in [2.05, 4.69) is 15.4 Å². The Bertz CT molecular complexity index is 487. The summed E-state index contributed by atoms with van der Waals surface area (Å²) in [6, 6.07) is 3.19. The van der Waals surface area contributed by atoms with Crippen LogP contribution < -0.4 is 0 Å². The fraction of sp³-hybridized carbons (Fsp3) is 0.250. The molecule has 7 heteroatoms. The molecule has 7 nitrogen and oxygen atoms in total. The predicted molar refractivity (Wildman–Crippen MR) is 49.3 cm³/mol. The summed E-state index contributed by atoms with van der Waals surface area (Å²) in [4.78, 5) is 12.1. The summed E-state index contributed by atoms with van der Waals surface area (Å²) >= 11 is 0. The number of carboxylic acid groups (broad SMARTS) is 1. The molecule has 2 heterocycles. The molecule has 0 aliphatic carbocycles. The molecular weight excluding hydrogens is 198 g/mol. The van der Waals surface area contributed by atoms with E-state index < -0.39 is 5.97 Å². The van der Waals surface area contributed by atoms with Gasteiger partial charge in [-0.25, -0.2) is 4.79 Å². The van der Waals surface area contributed by atoms with Crippen molar-refractivity contribution in [2.45, 2.75) is 6.54 Å². The number of aryl methyl sites for hydroxylation is 1. The molecule has 0 saturated carbocycles. The van der Waals surface area contributed by atoms with Gasteiger partial charge in [-0.3, -0.25) is 0 Å². The number of carbonyl (C=O) groups is 1. The van der Waals surface area contributed by atoms with Crippen molar-refractivity contribution in [1.82, 2.24) is 24.8 Å². The van der Waals surface area contributed by atoms with Crippen molar-refractivity contribution in [3.8, 4) is 0 Å². The summed E-state index contributed by atoms with van der Waals surface area (Å²) in [6.07, 6.45) is 1.67. The SMILES string of the molecule is Cn1nnc(Cn2cccc2C(=O)O)n1. The third kappa shape index (κ3) is 1.85. The van der Waals surface area contributed by atoms with Crippen LogP contribution in [0.15, 0.2) is 18.3 Å². The number of rotatable bonds is 3. The quantitative estimate of drug-likeness (QED) is 0.750. The van der Waals surface area contributed by atoms with E-state index in [-0.39, 0.29) is 5.69 Å². The van der Waals surface area contributed by atoms with Crippen LogP contribution in [0.5, 0.6) is 0 Å². The molecule has 15 heavy (non-hydrogen) atoms. The maximum absolute atomic E-state index is 10.8. The molecule has 0 aliphatic rings. The molecule has 1 N–H and O–H groups in total. The molecule has 0 bridgehead atoms. The number of hydrogen-bond acceptors (Lipinski definition) is 4. The molecule has 78 valence electrons. The Morgan fingerprint density at radius 2 is 2.40 bits per heavy atom. The van der Waals surface area contributed by atoms with E-state index in [1.807, 2.05) is 0 Å². The topological polar surface area (TPSA) is 85.8 Å². The second-order valence-corrected chi connectivity index (χ2v) is 3.02. The molecule has 2 rings (SSSR count). The minimum atomic E-state index is -0.969. The number of nitrogens with zero attached hydrogens (tertiary/aromatic N) is 5. The molecule has 0 aromatic carbocycles. The number of aromatic nitrogens is 5. The van der Waals surface area contributed by atoms with E-state index in [0.29, 0.717) is 12.4 Å². The summed E-state index contributed by atoms with van der Waals surface area (Å²) in [6.45, 7) is 0.308. The van der Waals surface area contributed by atoms with Crippen molar-refractivity contribution < 1.29 is 9.90 Å². The summed E-state index contributed by atoms with van der Waals surface area (Å²) in [5, 5.41) is 20.3. The molecule has 0 spiro atoms. The van der Waals surface area contributed by atoms with Crippen LogP contribution in [0.2, 0.25) is 0 Å². The number of tetrazole rings is 1. The van der Waals surface area contributed by atoms with Gasteiger partial charge in [0.2, 0.25) is 0 Å². The summed E-state index contributed by atoms with van der Waals surface area (Å²) in [5.74, 6) is -0.486. The van der Waals surface area contributed by atoms with Gasteiger partial charge in [-0.2, -0.15) is 4.80 Å². The highest BCUT2D eigenvalue weighted by Crippen LogP contribution is 2.04. The Labute approximate surface area is 84.9 Å². The Hall–Kier alpha value is -2.18. The fourth-order valence-corrected chi connectivity index (χ4v) is 1.29. The molecule has 2 aromatic rings. The van der Waals surface area contributed by atoms with Gasteiger partial charge < -0.3 is 9.67 Å². The first-order valence-corrected chi connectivity index (χ1v) is 4.28. The maximum atomic E-state index is 10.8. The molecule has 2 aromatic heterocycles. The van der Waals surface area contributed by atoms with E-state index in [1.165, 1.54) is 10.9 Å². The largest absolute Gasteiger partial charge is 0.477 e. The normalized spacial score (nSPS) is 10.5. The minimum Gasteiger partial charge on any atom is -0.477 e. The van der Waals surface area contributed by atoms with Crippen molar-refractivity contribution in [3.05, 3.63) is 29.8 Å². The van der Waals surface area contributed by atoms with E-state index in [1.54, 1.807) is 23.9 Å². The molecule has 0 radical (unpaired) electrons. The van der Waals surface area contributed by atoms with Crippen LogP contribution in [0, 0.1) is 0 Å². The van der Waals surface area contributed by atoms with Crippen LogP contribution >= 0.6 is 0 Å². The van der Waals surface area contributed by atoms with Gasteiger partial charge >= 0.3 is 5.97 Å². The maximum Gasteiger partial charge on any atom is 0.352 e. The highest BCUT2D eigenvalue weighted by Gasteiger charge is 2.10. The van der Waals surface area contributed by atoms with Crippen molar-refractivity contribution in [3.63, 3.8) is 0 Å². The average Bonchev–Trinajstić information content (AvgIpc) is 2.75. The zero-order valence-corrected chi connectivity index (χ0v) is 8.03. The standard InChI is InChI=1S/C8H9N5O2/c1-12-10-7(9-11-12)5-13-4-2-3-6(13)8(14)15/h2-4H,5H2,1H3,(H,14,15). The number of aromatic carboxylic acids is 1. The first kappa shape index (κ1) is 9.38. The van der Waals surface area contributed by atoms with Crippen molar-refractivity contribution >= 4 is 5.97 Å². The van der Waals surface area contributed by atoms with E-state index in [4.69, 9.17) is 5.11 Å². The first-order valence-electron chi connectivity index (χ1n) is 4.28. The van der Waals surface area contributed by atoms with Crippen molar-refractivity contribution in [1.29, 1.82) is 0 Å². The third-order valence-corrected chi connectivity index (χ3v) is 1.91. The van der Waals surface area contributed by atoms with E-state index in [0.717, 1.165) is 0 Å². The molecule has 0 atom stereocenters. The Morgan fingerprint density at radius 1 is 1.60 bits per heavy atom. The first-order chi connectivity index (χ1) is 7.16. The summed E-state index contributed by atoms with van der Waals surface area (Å²) < 4.78 is 1.55. The predicted octanol–water partition coefficient (Wildman–Crippen LogP) is -0.242. The lowest BCUT2D eigenvalue weighted by Gasteiger charge is -2.01. The number of hydrogen-bond donors (Lipinski definition) is 1. The van der Waals surface area contributed by atoms with Crippen LogP contribution in [0.3, 0.4) is 0 Å². The summed E-state index contributed by atoms with van der Waals surface area (Å²) in [5.41, 5.74) is 0.211. The molecule has 0 amide bonds. The zero-order valence-electron chi connectivity index (χ0n) is 8.03. The zero-order chi connectivity index (χ0) is 10.8. The molecule has 0 aliphatic heterocycles. The minimum absolute atomic E-state index is 0.211. The molecule has 0 fully saturated rings. The smallest absolute Gasteiger partial charge is 0.352 e. The van der Waals surface area contributed by atoms with Crippen LogP contribution in [0.1, 0.15) is 16.3 Å².